The van der Waals surface area contributed by atoms with Gasteiger partial charge >= 0.3 is 221 Å². The SMILES string of the molecule is C1=CC[C]([Ti+2](=[C]2CCCC2)[c]2cc(-c3ccccc3)cc3c2Cc2ccc(-c4ccccc4)cc2-3)=C1.[Cl-].[Cl-]. The molecule has 3 heteroatoms. The van der Waals surface area contributed by atoms with Gasteiger partial charge in [-0.05, 0) is 0 Å². The first-order chi connectivity index (χ1) is 17.8. The molecule has 188 valence electrons. The van der Waals surface area contributed by atoms with Gasteiger partial charge < -0.3 is 24.8 Å². The van der Waals surface area contributed by atoms with Gasteiger partial charge in [-0.15, -0.1) is 0 Å². The zero-order valence-corrected chi connectivity index (χ0v) is 24.5. The molecule has 0 aliphatic heterocycles. The minimum atomic E-state index is -1.75. The monoisotopic (exact) mass is 568 g/mol. The van der Waals surface area contributed by atoms with E-state index in [1.165, 1.54) is 64.6 Å². The van der Waals surface area contributed by atoms with Crippen molar-refractivity contribution in [2.45, 2.75) is 38.5 Å². The van der Waals surface area contributed by atoms with Crippen molar-refractivity contribution in [3.05, 3.63) is 124 Å². The molecule has 4 aromatic rings. The molecular formula is C35H30Cl2Ti. The van der Waals surface area contributed by atoms with Crippen LogP contribution in [0.15, 0.2) is 113 Å². The van der Waals surface area contributed by atoms with Crippen molar-refractivity contribution in [2.24, 2.45) is 0 Å². The molecule has 0 heterocycles. The molecule has 38 heavy (non-hydrogen) atoms. The van der Waals surface area contributed by atoms with Gasteiger partial charge in [0.1, 0.15) is 0 Å². The minimum absolute atomic E-state index is 0. The minimum Gasteiger partial charge on any atom is -1.00 e. The van der Waals surface area contributed by atoms with Crippen molar-refractivity contribution in [3.63, 3.8) is 0 Å². The van der Waals surface area contributed by atoms with E-state index < -0.39 is 17.4 Å². The van der Waals surface area contributed by atoms with Gasteiger partial charge in [-0.25, -0.2) is 0 Å². The molecule has 0 saturated heterocycles. The van der Waals surface area contributed by atoms with E-state index in [1.54, 1.807) is 13.3 Å². The molecule has 4 aromatic carbocycles. The Morgan fingerprint density at radius 2 is 1.26 bits per heavy atom. The first kappa shape index (κ1) is 27.1. The Morgan fingerprint density at radius 3 is 1.92 bits per heavy atom. The van der Waals surface area contributed by atoms with Gasteiger partial charge in [0.05, 0.1) is 0 Å². The van der Waals surface area contributed by atoms with Crippen LogP contribution in [0.25, 0.3) is 33.4 Å². The Balaban J connectivity index is 0.00000147. The Bertz CT molecular complexity index is 1550. The molecule has 3 aliphatic rings. The molecule has 1 fully saturated rings. The third-order valence-electron chi connectivity index (χ3n) is 8.15. The summed E-state index contributed by atoms with van der Waals surface area (Å²) in [6, 6.07) is 34.1. The van der Waals surface area contributed by atoms with Gasteiger partial charge in [0.2, 0.25) is 0 Å². The van der Waals surface area contributed by atoms with Crippen LogP contribution in [0.1, 0.15) is 43.2 Å². The van der Waals surface area contributed by atoms with E-state index in [4.69, 9.17) is 0 Å². The van der Waals surface area contributed by atoms with Crippen molar-refractivity contribution in [2.75, 3.05) is 0 Å². The van der Waals surface area contributed by atoms with Gasteiger partial charge in [0.15, 0.2) is 0 Å². The molecule has 0 nitrogen and oxygen atoms in total. The van der Waals surface area contributed by atoms with E-state index in [0.717, 1.165) is 12.8 Å². The van der Waals surface area contributed by atoms with Crippen LogP contribution in [0.3, 0.4) is 0 Å². The summed E-state index contributed by atoms with van der Waals surface area (Å²) in [7, 11) is 0. The summed E-state index contributed by atoms with van der Waals surface area (Å²) in [6.07, 6.45) is 14.9. The third kappa shape index (κ3) is 4.96. The van der Waals surface area contributed by atoms with Crippen LogP contribution >= 0.6 is 0 Å². The topological polar surface area (TPSA) is 0 Å². The smallest absolute Gasteiger partial charge is 1.00 e. The van der Waals surface area contributed by atoms with Crippen LogP contribution in [-0.2, 0) is 23.8 Å². The molecule has 0 N–H and O–H groups in total. The number of benzene rings is 4. The second-order valence-corrected chi connectivity index (χ2v) is 14.5. The summed E-state index contributed by atoms with van der Waals surface area (Å²) in [5.41, 5.74) is 11.4. The van der Waals surface area contributed by atoms with E-state index in [0.29, 0.717) is 0 Å². The van der Waals surface area contributed by atoms with Gasteiger partial charge in [-0.2, -0.15) is 0 Å². The number of fused-ring (bicyclic) bond motifs is 3. The normalized spacial score (nSPS) is 14.6. The van der Waals surface area contributed by atoms with Gasteiger partial charge in [0.25, 0.3) is 0 Å². The Kier molecular flexibility index (Phi) is 8.36. The van der Waals surface area contributed by atoms with Crippen LogP contribution in [-0.4, -0.2) is 3.81 Å². The Labute approximate surface area is 244 Å². The summed E-state index contributed by atoms with van der Waals surface area (Å²) >= 11 is -1.75. The zero-order chi connectivity index (χ0) is 23.9. The molecule has 0 aromatic heterocycles. The molecule has 7 rings (SSSR count). The molecule has 1 saturated carbocycles. The predicted octanol–water partition coefficient (Wildman–Crippen LogP) is 2.43. The molecule has 0 atom stereocenters. The molecule has 0 amide bonds. The van der Waals surface area contributed by atoms with E-state index in [2.05, 4.69) is 109 Å². The average Bonchev–Trinajstić information content (AvgIpc) is 3.72. The zero-order valence-electron chi connectivity index (χ0n) is 21.4. The summed E-state index contributed by atoms with van der Waals surface area (Å²) in [5.74, 6) is 0. The Morgan fingerprint density at radius 1 is 0.605 bits per heavy atom. The summed E-state index contributed by atoms with van der Waals surface area (Å²) in [4.78, 5) is 0. The van der Waals surface area contributed by atoms with Crippen molar-refractivity contribution >= 4 is 7.68 Å². The number of hydrogen-bond donors (Lipinski definition) is 0. The standard InChI is InChI=1S/C25H17.C5H8.C5H5.2ClH.Ti/c1-3-7-18(8-4-1)20-11-13-22-15-23-14-12-21(17-25(23)24(22)16-20)19-9-5-2-6-10-19;2*1-2-4-5-3-1;;;/h1-13,16-17H,15H2;1-4H2;1-3H,4H2;2*1H;/q;;;;;+2/p-2. The fourth-order valence-corrected chi connectivity index (χ4v) is 11.8. The largest absolute Gasteiger partial charge is 1.00 e. The van der Waals surface area contributed by atoms with E-state index in [1.807, 2.05) is 3.81 Å². The molecule has 0 spiro atoms. The molecular weight excluding hydrogens is 539 g/mol. The van der Waals surface area contributed by atoms with E-state index in [-0.39, 0.29) is 24.8 Å². The van der Waals surface area contributed by atoms with Crippen molar-refractivity contribution in [3.8, 4) is 33.4 Å². The number of allylic oxidation sites excluding steroid dienone is 4. The first-order valence-electron chi connectivity index (χ1n) is 13.3. The Hall–Kier alpha value is -2.48. The maximum absolute atomic E-state index is 2.61. The summed E-state index contributed by atoms with van der Waals surface area (Å²) < 4.78 is 5.38. The average molecular weight is 569 g/mol. The second-order valence-electron chi connectivity index (χ2n) is 10.3. The maximum atomic E-state index is 2.61. The van der Waals surface area contributed by atoms with Gasteiger partial charge in [-0.3, -0.25) is 0 Å². The summed E-state index contributed by atoms with van der Waals surface area (Å²) in [6.45, 7) is 0. The molecule has 0 radical (unpaired) electrons. The van der Waals surface area contributed by atoms with Crippen LogP contribution in [0.4, 0.5) is 0 Å². The van der Waals surface area contributed by atoms with Crippen molar-refractivity contribution in [1.29, 1.82) is 0 Å². The predicted molar refractivity (Wildman–Crippen MR) is 151 cm³/mol. The van der Waals surface area contributed by atoms with Crippen molar-refractivity contribution < 1.29 is 42.2 Å². The van der Waals surface area contributed by atoms with Crippen LogP contribution < -0.4 is 28.7 Å². The van der Waals surface area contributed by atoms with Crippen LogP contribution in [0.2, 0.25) is 0 Å². The maximum Gasteiger partial charge on any atom is -1.00 e. The molecule has 0 bridgehead atoms. The number of halogens is 2. The summed E-state index contributed by atoms with van der Waals surface area (Å²) in [5, 5.41) is 0. The first-order valence-corrected chi connectivity index (χ1v) is 15.7. The fraction of sp³-hybridized carbons (Fsp3) is 0.171. The third-order valence-corrected chi connectivity index (χ3v) is 13.2. The molecule has 0 unspecified atom stereocenters. The van der Waals surface area contributed by atoms with Crippen LogP contribution in [0.5, 0.6) is 0 Å². The number of rotatable bonds is 4. The van der Waals surface area contributed by atoms with Gasteiger partial charge in [-0.1, -0.05) is 0 Å². The second kappa shape index (κ2) is 11.7. The van der Waals surface area contributed by atoms with Gasteiger partial charge in [0, 0.05) is 0 Å². The quantitative estimate of drug-likeness (QED) is 0.292. The van der Waals surface area contributed by atoms with Crippen molar-refractivity contribution in [1.82, 2.24) is 0 Å². The van der Waals surface area contributed by atoms with E-state index >= 15 is 0 Å². The fourth-order valence-electron chi connectivity index (χ4n) is 6.38. The number of hydrogen-bond acceptors (Lipinski definition) is 0. The van der Waals surface area contributed by atoms with Crippen LogP contribution in [0, 0.1) is 0 Å². The molecule has 3 aliphatic carbocycles. The van der Waals surface area contributed by atoms with E-state index in [9.17, 15) is 0 Å².